The molecule has 0 saturated carbocycles. The van der Waals surface area contributed by atoms with Gasteiger partial charge in [0.05, 0.1) is 17.7 Å². The average Bonchev–Trinajstić information content (AvgIpc) is 2.36. The molecule has 1 aromatic carbocycles. The minimum absolute atomic E-state index is 0.0644. The van der Waals surface area contributed by atoms with Crippen molar-refractivity contribution in [1.82, 2.24) is 10.6 Å². The van der Waals surface area contributed by atoms with Crippen LogP contribution in [0.5, 0.6) is 5.75 Å². The Bertz CT molecular complexity index is 607. The standard InChI is InChI=1S/C15H18N2O4/c1-8(2)21-14(19)12-9(3)16-15(20)17-13(12)10-5-4-6-11(18)7-10/h4-8,13,18H,1-3H3,(H2,16,17,20)/t13-/m1/s1. The number of phenols is 1. The van der Waals surface area contributed by atoms with E-state index in [4.69, 9.17) is 4.74 Å². The van der Waals surface area contributed by atoms with Gasteiger partial charge in [-0.3, -0.25) is 0 Å². The van der Waals surface area contributed by atoms with Crippen LogP contribution in [0.1, 0.15) is 32.4 Å². The molecule has 1 atom stereocenters. The maximum absolute atomic E-state index is 12.3. The maximum atomic E-state index is 12.3. The van der Waals surface area contributed by atoms with E-state index >= 15 is 0 Å². The number of carbonyl (C=O) groups excluding carboxylic acids is 2. The number of allylic oxidation sites excluding steroid dienone is 1. The largest absolute Gasteiger partial charge is 0.508 e. The Morgan fingerprint density at radius 2 is 2.10 bits per heavy atom. The minimum Gasteiger partial charge on any atom is -0.508 e. The molecule has 1 aromatic rings. The van der Waals surface area contributed by atoms with Crippen molar-refractivity contribution in [3.8, 4) is 5.75 Å². The highest BCUT2D eigenvalue weighted by Gasteiger charge is 2.32. The lowest BCUT2D eigenvalue weighted by molar-refractivity contribution is -0.143. The van der Waals surface area contributed by atoms with Gasteiger partial charge in [0.25, 0.3) is 0 Å². The summed E-state index contributed by atoms with van der Waals surface area (Å²) in [5, 5.41) is 14.8. The van der Waals surface area contributed by atoms with Crippen LogP contribution in [0.2, 0.25) is 0 Å². The first-order valence-electron chi connectivity index (χ1n) is 6.66. The zero-order valence-corrected chi connectivity index (χ0v) is 12.1. The summed E-state index contributed by atoms with van der Waals surface area (Å²) in [4.78, 5) is 23.9. The number of urea groups is 1. The molecule has 6 heteroatoms. The number of rotatable bonds is 3. The molecule has 3 N–H and O–H groups in total. The average molecular weight is 290 g/mol. The lowest BCUT2D eigenvalue weighted by atomic mass is 9.95. The fourth-order valence-electron chi connectivity index (χ4n) is 2.20. The van der Waals surface area contributed by atoms with Gasteiger partial charge < -0.3 is 20.5 Å². The zero-order chi connectivity index (χ0) is 15.6. The number of phenolic OH excluding ortho intramolecular Hbond substituents is 1. The van der Waals surface area contributed by atoms with Gasteiger partial charge in [0, 0.05) is 5.70 Å². The second-order valence-electron chi connectivity index (χ2n) is 5.12. The Kier molecular flexibility index (Phi) is 4.16. The molecule has 1 heterocycles. The Labute approximate surface area is 122 Å². The summed E-state index contributed by atoms with van der Waals surface area (Å²) >= 11 is 0. The number of carbonyl (C=O) groups is 2. The van der Waals surface area contributed by atoms with Gasteiger partial charge in [-0.25, -0.2) is 9.59 Å². The third kappa shape index (κ3) is 3.34. The Morgan fingerprint density at radius 3 is 2.71 bits per heavy atom. The summed E-state index contributed by atoms with van der Waals surface area (Å²) in [5.41, 5.74) is 1.38. The van der Waals surface area contributed by atoms with E-state index in [2.05, 4.69) is 10.6 Å². The molecule has 2 rings (SSSR count). The van der Waals surface area contributed by atoms with E-state index in [1.807, 2.05) is 0 Å². The quantitative estimate of drug-likeness (QED) is 0.743. The maximum Gasteiger partial charge on any atom is 0.338 e. The number of aromatic hydroxyl groups is 1. The van der Waals surface area contributed by atoms with Crippen molar-refractivity contribution in [2.24, 2.45) is 0 Å². The van der Waals surface area contributed by atoms with Crippen LogP contribution in [-0.2, 0) is 9.53 Å². The molecule has 0 unspecified atom stereocenters. The van der Waals surface area contributed by atoms with Crippen molar-refractivity contribution >= 4 is 12.0 Å². The van der Waals surface area contributed by atoms with Crippen LogP contribution in [0, 0.1) is 0 Å². The number of ether oxygens (including phenoxy) is 1. The highest BCUT2D eigenvalue weighted by molar-refractivity contribution is 5.95. The Morgan fingerprint density at radius 1 is 1.38 bits per heavy atom. The van der Waals surface area contributed by atoms with E-state index in [9.17, 15) is 14.7 Å². The first-order valence-corrected chi connectivity index (χ1v) is 6.66. The van der Waals surface area contributed by atoms with Gasteiger partial charge in [0.2, 0.25) is 0 Å². The fraction of sp³-hybridized carbons (Fsp3) is 0.333. The predicted octanol–water partition coefficient (Wildman–Crippen LogP) is 1.97. The van der Waals surface area contributed by atoms with Crippen LogP contribution in [0.4, 0.5) is 4.79 Å². The SMILES string of the molecule is CC1=C(C(=O)OC(C)C)[C@@H](c2cccc(O)c2)NC(=O)N1. The molecule has 1 aliphatic heterocycles. The van der Waals surface area contributed by atoms with Crippen molar-refractivity contribution in [3.63, 3.8) is 0 Å². The first-order chi connectivity index (χ1) is 9.88. The highest BCUT2D eigenvalue weighted by atomic mass is 16.5. The second kappa shape index (κ2) is 5.87. The van der Waals surface area contributed by atoms with Crippen LogP contribution < -0.4 is 10.6 Å². The molecule has 0 fully saturated rings. The topological polar surface area (TPSA) is 87.7 Å². The van der Waals surface area contributed by atoms with Gasteiger partial charge in [-0.15, -0.1) is 0 Å². The molecule has 0 saturated heterocycles. The normalized spacial score (nSPS) is 18.3. The molecular weight excluding hydrogens is 272 g/mol. The van der Waals surface area contributed by atoms with Crippen molar-refractivity contribution in [1.29, 1.82) is 0 Å². The number of benzene rings is 1. The number of nitrogens with one attached hydrogen (secondary N) is 2. The van der Waals surface area contributed by atoms with E-state index in [1.165, 1.54) is 12.1 Å². The molecule has 6 nitrogen and oxygen atoms in total. The molecular formula is C15H18N2O4. The number of hydrogen-bond donors (Lipinski definition) is 3. The van der Waals surface area contributed by atoms with Gasteiger partial charge in [-0.05, 0) is 38.5 Å². The van der Waals surface area contributed by atoms with Crippen LogP contribution in [0.15, 0.2) is 35.5 Å². The summed E-state index contributed by atoms with van der Waals surface area (Å²) in [6.45, 7) is 5.16. The monoisotopic (exact) mass is 290 g/mol. The number of amides is 2. The number of hydrogen-bond acceptors (Lipinski definition) is 4. The summed E-state index contributed by atoms with van der Waals surface area (Å²) in [6, 6.07) is 5.35. The van der Waals surface area contributed by atoms with Crippen molar-refractivity contribution in [2.45, 2.75) is 32.9 Å². The molecule has 0 aromatic heterocycles. The molecule has 112 valence electrons. The minimum atomic E-state index is -0.655. The number of esters is 1. The van der Waals surface area contributed by atoms with E-state index in [1.54, 1.807) is 32.9 Å². The van der Waals surface area contributed by atoms with Gasteiger partial charge in [0.15, 0.2) is 0 Å². The lowest BCUT2D eigenvalue weighted by Crippen LogP contribution is -2.45. The summed E-state index contributed by atoms with van der Waals surface area (Å²) in [6.07, 6.45) is -0.264. The lowest BCUT2D eigenvalue weighted by Gasteiger charge is -2.28. The van der Waals surface area contributed by atoms with Gasteiger partial charge in [0.1, 0.15) is 5.75 Å². The van der Waals surface area contributed by atoms with E-state index < -0.39 is 18.0 Å². The Hall–Kier alpha value is -2.50. The summed E-state index contributed by atoms with van der Waals surface area (Å²) < 4.78 is 5.23. The van der Waals surface area contributed by atoms with Crippen molar-refractivity contribution in [3.05, 3.63) is 41.1 Å². The first kappa shape index (κ1) is 14.9. The summed E-state index contributed by atoms with van der Waals surface area (Å²) in [5.74, 6) is -0.433. The van der Waals surface area contributed by atoms with E-state index in [-0.39, 0.29) is 11.9 Å². The molecule has 0 spiro atoms. The molecule has 1 aliphatic rings. The molecule has 0 radical (unpaired) electrons. The summed E-state index contributed by atoms with van der Waals surface area (Å²) in [7, 11) is 0. The zero-order valence-electron chi connectivity index (χ0n) is 12.1. The predicted molar refractivity (Wildman–Crippen MR) is 76.4 cm³/mol. The van der Waals surface area contributed by atoms with Gasteiger partial charge >= 0.3 is 12.0 Å². The molecule has 2 amide bonds. The van der Waals surface area contributed by atoms with Gasteiger partial charge in [-0.1, -0.05) is 12.1 Å². The van der Waals surface area contributed by atoms with Crippen LogP contribution in [-0.4, -0.2) is 23.2 Å². The van der Waals surface area contributed by atoms with Crippen molar-refractivity contribution in [2.75, 3.05) is 0 Å². The van der Waals surface area contributed by atoms with Crippen LogP contribution in [0.25, 0.3) is 0 Å². The van der Waals surface area contributed by atoms with Crippen LogP contribution in [0.3, 0.4) is 0 Å². The molecule has 0 aliphatic carbocycles. The van der Waals surface area contributed by atoms with Crippen LogP contribution >= 0.6 is 0 Å². The molecule has 21 heavy (non-hydrogen) atoms. The van der Waals surface area contributed by atoms with E-state index in [0.717, 1.165) is 0 Å². The van der Waals surface area contributed by atoms with E-state index in [0.29, 0.717) is 16.8 Å². The molecule has 0 bridgehead atoms. The fourth-order valence-corrected chi connectivity index (χ4v) is 2.20. The Balaban J connectivity index is 2.43. The van der Waals surface area contributed by atoms with Gasteiger partial charge in [-0.2, -0.15) is 0 Å². The third-order valence-electron chi connectivity index (χ3n) is 3.04. The van der Waals surface area contributed by atoms with Crippen molar-refractivity contribution < 1.29 is 19.4 Å². The smallest absolute Gasteiger partial charge is 0.338 e. The third-order valence-corrected chi connectivity index (χ3v) is 3.04. The highest BCUT2D eigenvalue weighted by Crippen LogP contribution is 2.29. The second-order valence-corrected chi connectivity index (χ2v) is 5.12.